The molecular weight excluding hydrogens is 318 g/mol. The number of aromatic nitrogens is 2. The lowest BCUT2D eigenvalue weighted by molar-refractivity contribution is 0.0736. The molecule has 1 fully saturated rings. The first-order chi connectivity index (χ1) is 11.0. The maximum Gasteiger partial charge on any atom is 0.157 e. The van der Waals surface area contributed by atoms with Crippen molar-refractivity contribution in [2.45, 2.75) is 18.8 Å². The van der Waals surface area contributed by atoms with Crippen molar-refractivity contribution in [3.05, 3.63) is 41.2 Å². The molecule has 0 unspecified atom stereocenters. The Balaban J connectivity index is 1.62. The fourth-order valence-electron chi connectivity index (χ4n) is 2.77. The molecule has 1 aromatic heterocycles. The highest BCUT2D eigenvalue weighted by Crippen LogP contribution is 2.26. The van der Waals surface area contributed by atoms with Crippen LogP contribution >= 0.6 is 11.6 Å². The van der Waals surface area contributed by atoms with Gasteiger partial charge in [0.25, 0.3) is 0 Å². The molecule has 0 spiro atoms. The zero-order chi connectivity index (χ0) is 16.4. The van der Waals surface area contributed by atoms with Gasteiger partial charge in [0.15, 0.2) is 5.75 Å². The molecule has 1 aliphatic heterocycles. The van der Waals surface area contributed by atoms with Crippen LogP contribution in [0.4, 0.5) is 0 Å². The molecule has 1 saturated heterocycles. The third-order valence-electron chi connectivity index (χ3n) is 3.90. The number of aryl methyl sites for hydroxylation is 1. The molecule has 3 rings (SSSR count). The van der Waals surface area contributed by atoms with Crippen LogP contribution in [0.5, 0.6) is 11.5 Å². The van der Waals surface area contributed by atoms with Gasteiger partial charge in [-0.25, -0.2) is 0 Å². The first-order valence-corrected chi connectivity index (χ1v) is 7.81. The Morgan fingerprint density at radius 3 is 2.91 bits per heavy atom. The van der Waals surface area contributed by atoms with Crippen molar-refractivity contribution in [3.8, 4) is 11.5 Å². The van der Waals surface area contributed by atoms with Crippen molar-refractivity contribution >= 4 is 11.6 Å². The fourth-order valence-corrected chi connectivity index (χ4v) is 2.97. The van der Waals surface area contributed by atoms with E-state index in [9.17, 15) is 5.11 Å². The van der Waals surface area contributed by atoms with Crippen molar-refractivity contribution in [2.24, 2.45) is 7.05 Å². The van der Waals surface area contributed by atoms with Crippen molar-refractivity contribution in [2.75, 3.05) is 20.2 Å². The van der Waals surface area contributed by atoms with Gasteiger partial charge in [-0.1, -0.05) is 17.7 Å². The molecule has 6 nitrogen and oxygen atoms in total. The van der Waals surface area contributed by atoms with Gasteiger partial charge in [0.2, 0.25) is 0 Å². The first-order valence-electron chi connectivity index (χ1n) is 7.43. The van der Waals surface area contributed by atoms with Gasteiger partial charge >= 0.3 is 0 Å². The second kappa shape index (κ2) is 6.78. The molecule has 0 amide bonds. The molecule has 0 bridgehead atoms. The SMILES string of the molecule is COc1cc(CN2C[C@@H](O)[C@H](Oc3cnn(C)c3)C2)ccc1Cl. The molecule has 0 aliphatic carbocycles. The number of aliphatic hydroxyl groups excluding tert-OH is 1. The number of hydrogen-bond donors (Lipinski definition) is 1. The predicted molar refractivity (Wildman–Crippen MR) is 86.9 cm³/mol. The highest BCUT2D eigenvalue weighted by Gasteiger charge is 2.33. The molecule has 1 aliphatic rings. The first kappa shape index (κ1) is 16.1. The maximum absolute atomic E-state index is 10.2. The van der Waals surface area contributed by atoms with E-state index in [-0.39, 0.29) is 6.10 Å². The summed E-state index contributed by atoms with van der Waals surface area (Å²) in [4.78, 5) is 2.15. The molecule has 0 radical (unpaired) electrons. The van der Waals surface area contributed by atoms with E-state index in [0.29, 0.717) is 36.2 Å². The second-order valence-electron chi connectivity index (χ2n) is 5.74. The highest BCUT2D eigenvalue weighted by molar-refractivity contribution is 6.32. The van der Waals surface area contributed by atoms with Crippen LogP contribution < -0.4 is 9.47 Å². The number of β-amino-alcohol motifs (C(OH)–C–C–N with tert-alkyl or cyclic N) is 1. The van der Waals surface area contributed by atoms with Crippen molar-refractivity contribution in [1.82, 2.24) is 14.7 Å². The van der Waals surface area contributed by atoms with Crippen molar-refractivity contribution < 1.29 is 14.6 Å². The number of halogens is 1. The minimum absolute atomic E-state index is 0.256. The maximum atomic E-state index is 10.2. The van der Waals surface area contributed by atoms with Gasteiger partial charge in [0.1, 0.15) is 18.0 Å². The predicted octanol–water partition coefficient (Wildman–Crippen LogP) is 1.71. The number of ether oxygens (including phenoxy) is 2. The summed E-state index contributed by atoms with van der Waals surface area (Å²) in [5.74, 6) is 1.33. The summed E-state index contributed by atoms with van der Waals surface area (Å²) in [5.41, 5.74) is 1.08. The Kier molecular flexibility index (Phi) is 4.75. The Morgan fingerprint density at radius 1 is 1.39 bits per heavy atom. The van der Waals surface area contributed by atoms with Gasteiger partial charge in [-0.05, 0) is 17.7 Å². The summed E-state index contributed by atoms with van der Waals surface area (Å²) in [5, 5.41) is 14.9. The summed E-state index contributed by atoms with van der Waals surface area (Å²) in [6.45, 7) is 1.92. The van der Waals surface area contributed by atoms with Crippen LogP contribution in [-0.2, 0) is 13.6 Å². The number of hydrogen-bond acceptors (Lipinski definition) is 5. The molecule has 2 heterocycles. The van der Waals surface area contributed by atoms with Crippen LogP contribution in [0, 0.1) is 0 Å². The zero-order valence-electron chi connectivity index (χ0n) is 13.1. The number of rotatable bonds is 5. The van der Waals surface area contributed by atoms with E-state index in [4.69, 9.17) is 21.1 Å². The molecule has 2 aromatic rings. The van der Waals surface area contributed by atoms with E-state index in [1.54, 1.807) is 24.2 Å². The minimum atomic E-state index is -0.524. The average molecular weight is 338 g/mol. The lowest BCUT2D eigenvalue weighted by atomic mass is 10.2. The van der Waals surface area contributed by atoms with E-state index in [1.165, 1.54) is 0 Å². The average Bonchev–Trinajstić information content (AvgIpc) is 3.07. The topological polar surface area (TPSA) is 59.8 Å². The van der Waals surface area contributed by atoms with Crippen LogP contribution in [0.3, 0.4) is 0 Å². The van der Waals surface area contributed by atoms with Gasteiger partial charge in [-0.3, -0.25) is 9.58 Å². The molecule has 23 heavy (non-hydrogen) atoms. The molecule has 1 N–H and O–H groups in total. The summed E-state index contributed by atoms with van der Waals surface area (Å²) < 4.78 is 12.7. The smallest absolute Gasteiger partial charge is 0.157 e. The van der Waals surface area contributed by atoms with Gasteiger partial charge in [-0.15, -0.1) is 0 Å². The molecule has 124 valence electrons. The van der Waals surface area contributed by atoms with Gasteiger partial charge < -0.3 is 14.6 Å². The Bertz CT molecular complexity index is 676. The molecule has 1 aromatic carbocycles. The van der Waals surface area contributed by atoms with Crippen LogP contribution in [-0.4, -0.2) is 52.2 Å². The molecule has 7 heteroatoms. The Morgan fingerprint density at radius 2 is 2.22 bits per heavy atom. The van der Waals surface area contributed by atoms with Crippen LogP contribution in [0.15, 0.2) is 30.6 Å². The van der Waals surface area contributed by atoms with Crippen LogP contribution in [0.25, 0.3) is 0 Å². The number of methoxy groups -OCH3 is 1. The fraction of sp³-hybridized carbons (Fsp3) is 0.438. The van der Waals surface area contributed by atoms with E-state index in [0.717, 1.165) is 5.56 Å². The zero-order valence-corrected chi connectivity index (χ0v) is 13.9. The highest BCUT2D eigenvalue weighted by atomic mass is 35.5. The van der Waals surface area contributed by atoms with E-state index >= 15 is 0 Å². The number of nitrogens with zero attached hydrogens (tertiary/aromatic N) is 3. The quantitative estimate of drug-likeness (QED) is 0.900. The molecule has 2 atom stereocenters. The van der Waals surface area contributed by atoms with Crippen molar-refractivity contribution in [3.63, 3.8) is 0 Å². The van der Waals surface area contributed by atoms with E-state index in [2.05, 4.69) is 10.00 Å². The largest absolute Gasteiger partial charge is 0.495 e. The molecule has 0 saturated carbocycles. The van der Waals surface area contributed by atoms with E-state index in [1.807, 2.05) is 25.2 Å². The number of likely N-dealkylation sites (tertiary alicyclic amines) is 1. The van der Waals surface area contributed by atoms with Crippen LogP contribution in [0.1, 0.15) is 5.56 Å². The number of aliphatic hydroxyl groups is 1. The molecular formula is C16H20ClN3O3. The summed E-state index contributed by atoms with van der Waals surface area (Å²) >= 11 is 6.05. The van der Waals surface area contributed by atoms with Gasteiger partial charge in [0, 0.05) is 26.7 Å². The lowest BCUT2D eigenvalue weighted by Gasteiger charge is -2.16. The summed E-state index contributed by atoms with van der Waals surface area (Å²) in [6.07, 6.45) is 2.66. The normalized spacial score (nSPS) is 21.6. The monoisotopic (exact) mass is 337 g/mol. The number of benzene rings is 1. The summed E-state index contributed by atoms with van der Waals surface area (Å²) in [7, 11) is 3.43. The van der Waals surface area contributed by atoms with Gasteiger partial charge in [-0.2, -0.15) is 5.10 Å². The third kappa shape index (κ3) is 3.77. The standard InChI is InChI=1S/C16H20ClN3O3/c1-19-8-12(6-18-19)23-16-10-20(9-14(16)21)7-11-3-4-13(17)15(5-11)22-2/h3-6,8,14,16,21H,7,9-10H2,1-2H3/t14-,16-/m1/s1. The lowest BCUT2D eigenvalue weighted by Crippen LogP contribution is -2.29. The Labute approximate surface area is 140 Å². The third-order valence-corrected chi connectivity index (χ3v) is 4.22. The minimum Gasteiger partial charge on any atom is -0.495 e. The van der Waals surface area contributed by atoms with Gasteiger partial charge in [0.05, 0.1) is 24.5 Å². The van der Waals surface area contributed by atoms with E-state index < -0.39 is 6.10 Å². The Hall–Kier alpha value is -1.76. The summed E-state index contributed by atoms with van der Waals surface area (Å²) in [6, 6.07) is 5.71. The van der Waals surface area contributed by atoms with Crippen molar-refractivity contribution in [1.29, 1.82) is 0 Å². The van der Waals surface area contributed by atoms with Crippen LogP contribution in [0.2, 0.25) is 5.02 Å². The second-order valence-corrected chi connectivity index (χ2v) is 6.14.